The lowest BCUT2D eigenvalue weighted by Crippen LogP contribution is -2.52. The van der Waals surface area contributed by atoms with E-state index in [9.17, 15) is 28.8 Å². The second-order valence-corrected chi connectivity index (χ2v) is 18.1. The molecule has 356 valence electrons. The number of rotatable bonds is 11. The number of carbonyl (C=O) groups excluding carboxylic acids is 6. The number of benzene rings is 2. The second kappa shape index (κ2) is 18.6. The number of halogens is 3. The molecule has 6 aliphatic rings. The molecular weight excluding hydrogens is 876 g/mol. The summed E-state index contributed by atoms with van der Waals surface area (Å²) in [5.41, 5.74) is 2.40. The third-order valence-electron chi connectivity index (χ3n) is 14.0. The topological polar surface area (TPSA) is 193 Å². The first kappa shape index (κ1) is 45.6. The molecule has 5 aliphatic heterocycles. The number of hydrogen-bond acceptors (Lipinski definition) is 13. The molecule has 3 aromatic rings. The molecule has 0 radical (unpaired) electrons. The number of likely N-dealkylation sites (tertiary alicyclic amines) is 1. The molecule has 1 aromatic heterocycles. The van der Waals surface area contributed by atoms with E-state index in [0.29, 0.717) is 70.3 Å². The number of nitrogens with one attached hydrogen (secondary N) is 3. The van der Waals surface area contributed by atoms with Gasteiger partial charge in [0.1, 0.15) is 23.3 Å². The number of piperidine rings is 2. The van der Waals surface area contributed by atoms with E-state index in [-0.39, 0.29) is 70.7 Å². The summed E-state index contributed by atoms with van der Waals surface area (Å²) < 4.78 is 51.3. The van der Waals surface area contributed by atoms with Crippen LogP contribution in [0.5, 0.6) is 5.75 Å². The van der Waals surface area contributed by atoms with Gasteiger partial charge in [-0.05, 0) is 61.9 Å². The van der Waals surface area contributed by atoms with Crippen molar-refractivity contribution < 1.29 is 46.7 Å². The summed E-state index contributed by atoms with van der Waals surface area (Å²) in [5, 5.41) is 8.15. The molecule has 0 spiro atoms. The van der Waals surface area contributed by atoms with Gasteiger partial charge < -0.3 is 39.9 Å². The lowest BCUT2D eigenvalue weighted by molar-refractivity contribution is -0.140. The SMILES string of the molecule is COc1cc(C(=O)NC2CCN(C(=O)CCN3CCN(c4ccc5c(c4)CN(C4CCC(=O)NC4=O)C5=O)CC3)CC2)c(F)cc1Nc1ncc2c(n1)N(C1CCCC1)CC(F)(F)C(=O)N2C. The summed E-state index contributed by atoms with van der Waals surface area (Å²) in [6, 6.07) is 6.89. The van der Waals surface area contributed by atoms with Gasteiger partial charge >= 0.3 is 5.92 Å². The Morgan fingerprint density at radius 3 is 2.40 bits per heavy atom. The number of hydrogen-bond donors (Lipinski definition) is 3. The van der Waals surface area contributed by atoms with E-state index in [1.54, 1.807) is 9.80 Å². The van der Waals surface area contributed by atoms with E-state index in [4.69, 9.17) is 4.74 Å². The highest BCUT2D eigenvalue weighted by molar-refractivity contribution is 6.06. The maximum atomic E-state index is 15.7. The van der Waals surface area contributed by atoms with Crippen molar-refractivity contribution in [1.29, 1.82) is 0 Å². The van der Waals surface area contributed by atoms with Gasteiger partial charge in [-0.25, -0.2) is 9.37 Å². The number of alkyl halides is 2. The summed E-state index contributed by atoms with van der Waals surface area (Å²) in [6.07, 6.45) is 6.20. The number of nitrogens with zero attached hydrogens (tertiary/aromatic N) is 8. The zero-order valence-corrected chi connectivity index (χ0v) is 37.5. The quantitative estimate of drug-likeness (QED) is 0.237. The molecule has 18 nitrogen and oxygen atoms in total. The molecule has 6 heterocycles. The Kier molecular flexibility index (Phi) is 12.7. The van der Waals surface area contributed by atoms with Crippen LogP contribution in [-0.2, 0) is 25.7 Å². The molecular formula is C46H54F3N11O7. The summed E-state index contributed by atoms with van der Waals surface area (Å²) in [6.45, 7) is 3.96. The molecule has 9 rings (SSSR count). The van der Waals surface area contributed by atoms with Crippen LogP contribution in [-0.4, -0.2) is 151 Å². The Balaban J connectivity index is 0.742. The van der Waals surface area contributed by atoms with Gasteiger partial charge in [-0.3, -0.25) is 39.0 Å². The van der Waals surface area contributed by atoms with Crippen LogP contribution in [0.3, 0.4) is 0 Å². The largest absolute Gasteiger partial charge is 0.495 e. The number of aromatic nitrogens is 2. The number of imide groups is 1. The van der Waals surface area contributed by atoms with Crippen molar-refractivity contribution in [1.82, 2.24) is 35.3 Å². The fraction of sp³-hybridized carbons (Fsp3) is 0.522. The van der Waals surface area contributed by atoms with Gasteiger partial charge in [-0.1, -0.05) is 12.8 Å². The van der Waals surface area contributed by atoms with Crippen molar-refractivity contribution in [3.05, 3.63) is 59.0 Å². The minimum absolute atomic E-state index is 0.0260. The lowest BCUT2D eigenvalue weighted by atomic mass is 10.0. The molecule has 4 fully saturated rings. The highest BCUT2D eigenvalue weighted by atomic mass is 19.3. The highest BCUT2D eigenvalue weighted by Crippen LogP contribution is 2.40. The predicted octanol–water partition coefficient (Wildman–Crippen LogP) is 3.42. The van der Waals surface area contributed by atoms with Crippen LogP contribution < -0.4 is 35.4 Å². The van der Waals surface area contributed by atoms with Crippen molar-refractivity contribution in [3.8, 4) is 5.75 Å². The fourth-order valence-corrected chi connectivity index (χ4v) is 10.2. The Morgan fingerprint density at radius 1 is 0.940 bits per heavy atom. The molecule has 2 aromatic carbocycles. The van der Waals surface area contributed by atoms with E-state index in [1.807, 2.05) is 18.2 Å². The number of amides is 6. The molecule has 3 saturated heterocycles. The lowest BCUT2D eigenvalue weighted by Gasteiger charge is -2.37. The Labute approximate surface area is 385 Å². The highest BCUT2D eigenvalue weighted by Gasteiger charge is 2.49. The number of ether oxygens (including phenoxy) is 1. The van der Waals surface area contributed by atoms with E-state index < -0.39 is 42.0 Å². The van der Waals surface area contributed by atoms with Gasteiger partial charge in [0.25, 0.3) is 17.7 Å². The minimum atomic E-state index is -3.64. The number of carbonyl (C=O) groups is 6. The molecule has 1 saturated carbocycles. The van der Waals surface area contributed by atoms with Gasteiger partial charge in [-0.15, -0.1) is 0 Å². The number of piperazine rings is 1. The molecule has 21 heteroatoms. The molecule has 0 bridgehead atoms. The Hall–Kier alpha value is -6.51. The van der Waals surface area contributed by atoms with Crippen molar-refractivity contribution >= 4 is 64.3 Å². The van der Waals surface area contributed by atoms with E-state index in [2.05, 4.69) is 35.7 Å². The average molecular weight is 930 g/mol. The number of methoxy groups -OCH3 is 1. The molecule has 67 heavy (non-hydrogen) atoms. The summed E-state index contributed by atoms with van der Waals surface area (Å²) in [5.74, 6) is -7.18. The van der Waals surface area contributed by atoms with Crippen LogP contribution in [0.1, 0.15) is 84.1 Å². The normalized spacial score (nSPS) is 21.6. The maximum absolute atomic E-state index is 15.7. The zero-order valence-electron chi connectivity index (χ0n) is 37.5. The third kappa shape index (κ3) is 9.29. The zero-order chi connectivity index (χ0) is 47.1. The third-order valence-corrected chi connectivity index (χ3v) is 14.0. The first-order valence-electron chi connectivity index (χ1n) is 22.9. The van der Waals surface area contributed by atoms with Gasteiger partial charge in [0.15, 0.2) is 5.82 Å². The van der Waals surface area contributed by atoms with Gasteiger partial charge in [0.2, 0.25) is 23.7 Å². The van der Waals surface area contributed by atoms with Crippen molar-refractivity contribution in [2.24, 2.45) is 0 Å². The smallest absolute Gasteiger partial charge is 0.342 e. The monoisotopic (exact) mass is 929 g/mol. The summed E-state index contributed by atoms with van der Waals surface area (Å²) in [7, 11) is 2.62. The average Bonchev–Trinajstić information content (AvgIpc) is 3.96. The van der Waals surface area contributed by atoms with Crippen molar-refractivity contribution in [3.63, 3.8) is 0 Å². The number of anilines is 5. The van der Waals surface area contributed by atoms with Crippen molar-refractivity contribution in [2.45, 2.75) is 88.4 Å². The molecule has 1 atom stereocenters. The summed E-state index contributed by atoms with van der Waals surface area (Å²) in [4.78, 5) is 95.6. The second-order valence-electron chi connectivity index (χ2n) is 18.1. The van der Waals surface area contributed by atoms with Gasteiger partial charge in [-0.2, -0.15) is 13.8 Å². The Morgan fingerprint density at radius 2 is 1.69 bits per heavy atom. The van der Waals surface area contributed by atoms with Crippen molar-refractivity contribution in [2.75, 3.05) is 86.5 Å². The van der Waals surface area contributed by atoms with E-state index in [1.165, 1.54) is 31.3 Å². The minimum Gasteiger partial charge on any atom is -0.495 e. The van der Waals surface area contributed by atoms with E-state index >= 15 is 13.2 Å². The standard InChI is InChI=1S/C46H54F3N11O7/c1-55-36-24-50-45(54-40(36)60(29-5-3-4-6-29)26-46(48,49)44(55)66)52-34-23-33(47)32(22-37(34)67-2)41(63)51-28-11-15-58(16-12-28)39(62)13-14-56-17-19-57(20-18-56)30-7-8-31-27(21-30)25-59(43(31)65)35-9-10-38(61)53-42(35)64/h7-8,21-24,28-29,35H,3-6,9-20,25-26H2,1-2H3,(H,51,63)(H,50,52,54)(H,53,61,64). The van der Waals surface area contributed by atoms with Crippen LogP contribution in [0, 0.1) is 5.82 Å². The molecule has 6 amide bonds. The maximum Gasteiger partial charge on any atom is 0.342 e. The van der Waals surface area contributed by atoms with Crippen LogP contribution in [0.4, 0.5) is 42.0 Å². The summed E-state index contributed by atoms with van der Waals surface area (Å²) >= 11 is 0. The van der Waals surface area contributed by atoms with Gasteiger partial charge in [0.05, 0.1) is 31.1 Å². The van der Waals surface area contributed by atoms with Gasteiger partial charge in [0, 0.05) is 102 Å². The molecule has 3 N–H and O–H groups in total. The van der Waals surface area contributed by atoms with E-state index in [0.717, 1.165) is 61.2 Å². The predicted molar refractivity (Wildman–Crippen MR) is 239 cm³/mol. The van der Waals surface area contributed by atoms with Crippen LogP contribution in [0.15, 0.2) is 36.5 Å². The Bertz CT molecular complexity index is 2470. The van der Waals surface area contributed by atoms with Crippen LogP contribution in [0.2, 0.25) is 0 Å². The fourth-order valence-electron chi connectivity index (χ4n) is 10.2. The first-order chi connectivity index (χ1) is 32.2. The van der Waals surface area contributed by atoms with Crippen LogP contribution in [0.25, 0.3) is 0 Å². The number of fused-ring (bicyclic) bond motifs is 2. The molecule has 1 aliphatic carbocycles. The first-order valence-corrected chi connectivity index (χ1v) is 22.9. The van der Waals surface area contributed by atoms with Crippen LogP contribution >= 0.6 is 0 Å². The molecule has 1 unspecified atom stereocenters.